The van der Waals surface area contributed by atoms with Gasteiger partial charge in [-0.15, -0.1) is 23.1 Å². The molecular weight excluding hydrogens is 524 g/mol. The topological polar surface area (TPSA) is 85.3 Å². The molecule has 1 heterocycles. The second kappa shape index (κ2) is 14.1. The van der Waals surface area contributed by atoms with E-state index in [1.54, 1.807) is 49.1 Å². The van der Waals surface area contributed by atoms with Gasteiger partial charge in [-0.25, -0.2) is 8.78 Å². The van der Waals surface area contributed by atoms with Crippen LogP contribution in [0.25, 0.3) is 11.1 Å². The number of halogens is 2. The highest BCUT2D eigenvalue weighted by Crippen LogP contribution is 2.33. The van der Waals surface area contributed by atoms with E-state index in [0.717, 1.165) is 10.4 Å². The molecule has 3 aromatic rings. The largest absolute Gasteiger partial charge is 0.488 e. The van der Waals surface area contributed by atoms with Crippen molar-refractivity contribution in [1.29, 1.82) is 0 Å². The number of carbonyl (C=O) groups excluding carboxylic acids is 1. The highest BCUT2D eigenvalue weighted by atomic mass is 32.2. The molecule has 0 saturated heterocycles. The molecule has 2 aromatic carbocycles. The molecule has 0 aliphatic heterocycles. The van der Waals surface area contributed by atoms with Gasteiger partial charge in [0.1, 0.15) is 18.9 Å². The number of nitrogens with zero attached hydrogens (tertiary/aromatic N) is 1. The first-order valence-corrected chi connectivity index (χ1v) is 13.3. The highest BCUT2D eigenvalue weighted by Gasteiger charge is 2.20. The zero-order valence-corrected chi connectivity index (χ0v) is 22.0. The fourth-order valence-corrected chi connectivity index (χ4v) is 4.78. The first-order valence-electron chi connectivity index (χ1n) is 11.2. The van der Waals surface area contributed by atoms with Crippen LogP contribution < -0.4 is 4.74 Å². The van der Waals surface area contributed by atoms with Gasteiger partial charge >= 0.3 is 5.97 Å². The Morgan fingerprint density at radius 1 is 1.05 bits per heavy atom. The lowest BCUT2D eigenvalue weighted by Gasteiger charge is -2.20. The lowest BCUT2D eigenvalue weighted by atomic mass is 10.1. The maximum absolute atomic E-state index is 13.8. The zero-order valence-electron chi connectivity index (χ0n) is 20.4. The van der Waals surface area contributed by atoms with Gasteiger partial charge in [0, 0.05) is 28.8 Å². The Labute approximate surface area is 222 Å². The number of thiophene rings is 1. The van der Waals surface area contributed by atoms with Crippen molar-refractivity contribution in [2.75, 3.05) is 46.3 Å². The quantitative estimate of drug-likeness (QED) is 0.218. The molecule has 0 fully saturated rings. The Balaban J connectivity index is 1.60. The summed E-state index contributed by atoms with van der Waals surface area (Å²) in [5, 5.41) is 10.8. The molecule has 0 unspecified atom stereocenters. The van der Waals surface area contributed by atoms with Gasteiger partial charge in [-0.1, -0.05) is 12.1 Å². The molecule has 1 amide bonds. The van der Waals surface area contributed by atoms with Crippen LogP contribution in [0.2, 0.25) is 0 Å². The predicted molar refractivity (Wildman–Crippen MR) is 138 cm³/mol. The molecule has 1 aromatic heterocycles. The van der Waals surface area contributed by atoms with E-state index in [4.69, 9.17) is 14.2 Å². The summed E-state index contributed by atoms with van der Waals surface area (Å²) in [6, 6.07) is 11.0. The number of carbonyl (C=O) groups is 2. The van der Waals surface area contributed by atoms with Crippen molar-refractivity contribution >= 4 is 35.0 Å². The average Bonchev–Trinajstić information content (AvgIpc) is 3.37. The fraction of sp³-hybridized carbons (Fsp3) is 0.308. The van der Waals surface area contributed by atoms with E-state index in [1.807, 2.05) is 0 Å². The molecular formula is C26H27F2NO6S2. The summed E-state index contributed by atoms with van der Waals surface area (Å²) in [6.45, 7) is 0.869. The number of amides is 1. The Hall–Kier alpha value is -2.99. The number of thioether (sulfide) groups is 1. The number of hydrogen-bond donors (Lipinski definition) is 1. The number of carboxylic acids is 1. The number of rotatable bonds is 14. The molecule has 7 nitrogen and oxygen atoms in total. The summed E-state index contributed by atoms with van der Waals surface area (Å²) in [7, 11) is 1.55. The first-order chi connectivity index (χ1) is 17.8. The lowest BCUT2D eigenvalue weighted by molar-refractivity contribution is -0.137. The van der Waals surface area contributed by atoms with Crippen molar-refractivity contribution in [3.63, 3.8) is 0 Å². The Kier molecular flexibility index (Phi) is 10.9. The van der Waals surface area contributed by atoms with Gasteiger partial charge in [0.25, 0.3) is 5.91 Å². The third-order valence-electron chi connectivity index (χ3n) is 5.24. The van der Waals surface area contributed by atoms with Crippen molar-refractivity contribution in [2.24, 2.45) is 0 Å². The monoisotopic (exact) mass is 551 g/mol. The van der Waals surface area contributed by atoms with Crippen LogP contribution in [0.3, 0.4) is 0 Å². The number of hydrogen-bond acceptors (Lipinski definition) is 7. The van der Waals surface area contributed by atoms with Crippen LogP contribution in [0.5, 0.6) is 5.75 Å². The van der Waals surface area contributed by atoms with Crippen LogP contribution in [0.1, 0.15) is 15.2 Å². The molecule has 0 aliphatic rings. The van der Waals surface area contributed by atoms with E-state index in [0.29, 0.717) is 35.0 Å². The molecule has 0 aliphatic carbocycles. The molecule has 0 radical (unpaired) electrons. The first kappa shape index (κ1) is 28.6. The van der Waals surface area contributed by atoms with Crippen LogP contribution in [0.15, 0.2) is 52.7 Å². The summed E-state index contributed by atoms with van der Waals surface area (Å²) in [5.41, 5.74) is 1.69. The minimum atomic E-state index is -1.11. The number of carboxylic acid groups (broad SMARTS) is 1. The number of aliphatic carboxylic acids is 1. The normalized spacial score (nSPS) is 10.9. The van der Waals surface area contributed by atoms with Gasteiger partial charge in [-0.05, 0) is 47.7 Å². The van der Waals surface area contributed by atoms with Crippen molar-refractivity contribution in [3.05, 3.63) is 69.9 Å². The van der Waals surface area contributed by atoms with Gasteiger partial charge in [0.2, 0.25) is 0 Å². The van der Waals surface area contributed by atoms with Gasteiger partial charge < -0.3 is 24.2 Å². The molecule has 1 N–H and O–H groups in total. The van der Waals surface area contributed by atoms with Crippen LogP contribution in [-0.2, 0) is 20.9 Å². The third-order valence-corrected chi connectivity index (χ3v) is 6.93. The Morgan fingerprint density at radius 2 is 1.78 bits per heavy atom. The van der Waals surface area contributed by atoms with Crippen molar-refractivity contribution in [1.82, 2.24) is 4.90 Å². The standard InChI is InChI=1S/C26H27F2NO6S2/c1-33-9-10-34-8-7-29(14-25(30)31)26(32)18-11-20(37-16-18)15-35-19-5-3-17(4-6-19)21-12-22(27)23(28)13-24(21)36-2/h3-6,11-13,16H,7-10,14-15H2,1-2H3,(H,30,31). The van der Waals surface area contributed by atoms with Crippen molar-refractivity contribution in [2.45, 2.75) is 11.5 Å². The van der Waals surface area contributed by atoms with Gasteiger partial charge in [-0.2, -0.15) is 0 Å². The average molecular weight is 552 g/mol. The second-order valence-electron chi connectivity index (χ2n) is 7.81. The molecule has 0 saturated carbocycles. The second-order valence-corrected chi connectivity index (χ2v) is 9.65. The van der Waals surface area contributed by atoms with Gasteiger partial charge in [0.05, 0.1) is 25.4 Å². The van der Waals surface area contributed by atoms with Crippen LogP contribution in [-0.4, -0.2) is 68.2 Å². The molecule has 0 atom stereocenters. The van der Waals surface area contributed by atoms with Crippen LogP contribution in [0, 0.1) is 11.6 Å². The molecule has 11 heteroatoms. The minimum absolute atomic E-state index is 0.138. The molecule has 3 rings (SSSR count). The number of benzene rings is 2. The van der Waals surface area contributed by atoms with E-state index in [9.17, 15) is 23.5 Å². The molecule has 0 spiro atoms. The van der Waals surface area contributed by atoms with E-state index >= 15 is 0 Å². The highest BCUT2D eigenvalue weighted by molar-refractivity contribution is 7.98. The van der Waals surface area contributed by atoms with Crippen LogP contribution in [0.4, 0.5) is 8.78 Å². The maximum Gasteiger partial charge on any atom is 0.323 e. The van der Waals surface area contributed by atoms with Gasteiger partial charge in [0.15, 0.2) is 11.6 Å². The summed E-state index contributed by atoms with van der Waals surface area (Å²) < 4.78 is 43.4. The summed E-state index contributed by atoms with van der Waals surface area (Å²) in [6.07, 6.45) is 1.80. The zero-order chi connectivity index (χ0) is 26.8. The summed E-state index contributed by atoms with van der Waals surface area (Å²) in [4.78, 5) is 26.7. The molecule has 198 valence electrons. The number of methoxy groups -OCH3 is 1. The number of ether oxygens (including phenoxy) is 3. The SMILES string of the molecule is COCCOCCN(CC(=O)O)C(=O)c1csc(COc2ccc(-c3cc(F)c(F)cc3SC)cc2)c1. The molecule has 37 heavy (non-hydrogen) atoms. The van der Waals surface area contributed by atoms with E-state index in [1.165, 1.54) is 40.1 Å². The van der Waals surface area contributed by atoms with Crippen molar-refractivity contribution in [3.8, 4) is 16.9 Å². The Bertz CT molecular complexity index is 1200. The maximum atomic E-state index is 13.8. The smallest absolute Gasteiger partial charge is 0.323 e. The van der Waals surface area contributed by atoms with E-state index in [2.05, 4.69) is 0 Å². The lowest BCUT2D eigenvalue weighted by Crippen LogP contribution is -2.38. The summed E-state index contributed by atoms with van der Waals surface area (Å²) >= 11 is 2.66. The van der Waals surface area contributed by atoms with Crippen molar-refractivity contribution < 1.29 is 37.7 Å². The fourth-order valence-electron chi connectivity index (χ4n) is 3.39. The van der Waals surface area contributed by atoms with Crippen LogP contribution >= 0.6 is 23.1 Å². The Morgan fingerprint density at radius 3 is 2.46 bits per heavy atom. The predicted octanol–water partition coefficient (Wildman–Crippen LogP) is 5.18. The third kappa shape index (κ3) is 8.26. The van der Waals surface area contributed by atoms with Gasteiger partial charge in [-0.3, -0.25) is 9.59 Å². The molecule has 0 bridgehead atoms. The van der Waals surface area contributed by atoms with E-state index in [-0.39, 0.29) is 19.8 Å². The summed E-state index contributed by atoms with van der Waals surface area (Å²) in [5.74, 6) is -2.74. The van der Waals surface area contributed by atoms with E-state index < -0.39 is 30.1 Å². The minimum Gasteiger partial charge on any atom is -0.488 e.